The molecule has 0 unspecified atom stereocenters. The van der Waals surface area contributed by atoms with Crippen LogP contribution in [0.25, 0.3) is 5.70 Å². The summed E-state index contributed by atoms with van der Waals surface area (Å²) in [5.41, 5.74) is 8.69. The van der Waals surface area contributed by atoms with Crippen LogP contribution in [0.4, 0.5) is 11.4 Å². The van der Waals surface area contributed by atoms with Gasteiger partial charge in [0.2, 0.25) is 0 Å². The van der Waals surface area contributed by atoms with E-state index in [4.69, 9.17) is 22.0 Å². The first-order valence-corrected chi connectivity index (χ1v) is 10.4. The fraction of sp³-hybridized carbons (Fsp3) is 0.261. The van der Waals surface area contributed by atoms with Crippen molar-refractivity contribution in [1.29, 1.82) is 5.41 Å². The fourth-order valence-corrected chi connectivity index (χ4v) is 3.58. The van der Waals surface area contributed by atoms with Crippen LogP contribution >= 0.6 is 11.6 Å². The van der Waals surface area contributed by atoms with Crippen molar-refractivity contribution in [2.45, 2.75) is 13.3 Å². The number of hydrazone groups is 1. The molecule has 0 aromatic heterocycles. The summed E-state index contributed by atoms with van der Waals surface area (Å²) in [6, 6.07) is 11.8. The minimum atomic E-state index is 0.0122. The molecule has 0 saturated carbocycles. The minimum absolute atomic E-state index is 0.0122. The Balaban J connectivity index is 1.69. The van der Waals surface area contributed by atoms with Gasteiger partial charge in [-0.15, -0.1) is 0 Å². The van der Waals surface area contributed by atoms with Gasteiger partial charge in [0.1, 0.15) is 5.84 Å². The highest BCUT2D eigenvalue weighted by Gasteiger charge is 2.17. The Morgan fingerprint density at radius 2 is 2.16 bits per heavy atom. The van der Waals surface area contributed by atoms with Crippen LogP contribution in [-0.4, -0.2) is 54.5 Å². The molecule has 1 aliphatic heterocycles. The van der Waals surface area contributed by atoms with Crippen LogP contribution in [0.15, 0.2) is 53.1 Å². The van der Waals surface area contributed by atoms with Gasteiger partial charge >= 0.3 is 0 Å². The quantitative estimate of drug-likeness (QED) is 0.332. The molecule has 0 radical (unpaired) electrons. The van der Waals surface area contributed by atoms with Gasteiger partial charge in [-0.1, -0.05) is 35.9 Å². The zero-order chi connectivity index (χ0) is 22.2. The van der Waals surface area contributed by atoms with Gasteiger partial charge in [-0.25, -0.2) is 0 Å². The molecule has 0 saturated heterocycles. The van der Waals surface area contributed by atoms with Crippen molar-refractivity contribution >= 4 is 46.9 Å². The molecule has 0 spiro atoms. The van der Waals surface area contributed by atoms with Crippen LogP contribution in [0.5, 0.6) is 0 Å². The maximum atomic E-state index is 9.58. The van der Waals surface area contributed by atoms with E-state index >= 15 is 0 Å². The molecule has 0 aliphatic carbocycles. The summed E-state index contributed by atoms with van der Waals surface area (Å²) in [6.45, 7) is 7.91. The van der Waals surface area contributed by atoms with Crippen LogP contribution in [0.3, 0.4) is 0 Å². The molecule has 0 bridgehead atoms. The normalized spacial score (nSPS) is 13.8. The van der Waals surface area contributed by atoms with E-state index in [0.29, 0.717) is 24.7 Å². The summed E-state index contributed by atoms with van der Waals surface area (Å²) in [6.07, 6.45) is 3.23. The number of aryl methyl sites for hydroxylation is 1. The first-order valence-electron chi connectivity index (χ1n) is 10.0. The Bertz CT molecular complexity index is 1020. The van der Waals surface area contributed by atoms with E-state index in [2.05, 4.69) is 22.4 Å². The third-order valence-electron chi connectivity index (χ3n) is 4.95. The van der Waals surface area contributed by atoms with E-state index in [-0.39, 0.29) is 6.61 Å². The molecular formula is C23H27ClN6O. The van der Waals surface area contributed by atoms with Gasteiger partial charge in [-0.2, -0.15) is 5.10 Å². The molecule has 162 valence electrons. The van der Waals surface area contributed by atoms with Crippen molar-refractivity contribution in [1.82, 2.24) is 4.90 Å². The van der Waals surface area contributed by atoms with E-state index in [1.807, 2.05) is 48.2 Å². The number of halogens is 1. The molecule has 3 rings (SSSR count). The van der Waals surface area contributed by atoms with Gasteiger partial charge in [-0.3, -0.25) is 10.4 Å². The number of anilines is 2. The van der Waals surface area contributed by atoms with Gasteiger partial charge < -0.3 is 20.7 Å². The predicted molar refractivity (Wildman–Crippen MR) is 131 cm³/mol. The van der Waals surface area contributed by atoms with Crippen LogP contribution < -0.4 is 10.7 Å². The summed E-state index contributed by atoms with van der Waals surface area (Å²) in [4.78, 5) is 6.72. The molecule has 2 aromatic rings. The highest BCUT2D eigenvalue weighted by atomic mass is 35.5. The maximum absolute atomic E-state index is 9.58. The number of aliphatic imine (C=N–C) groups is 1. The second-order valence-corrected chi connectivity index (χ2v) is 7.63. The highest BCUT2D eigenvalue weighted by Crippen LogP contribution is 2.28. The lowest BCUT2D eigenvalue weighted by atomic mass is 10.1. The molecule has 0 fully saturated rings. The van der Waals surface area contributed by atoms with Gasteiger partial charge in [0.05, 0.1) is 25.1 Å². The van der Waals surface area contributed by atoms with Crippen LogP contribution in [-0.2, 0) is 6.42 Å². The Kier molecular flexibility index (Phi) is 7.81. The number of aliphatic hydroxyl groups is 1. The molecule has 2 aromatic carbocycles. The van der Waals surface area contributed by atoms with Crippen molar-refractivity contribution in [3.63, 3.8) is 0 Å². The summed E-state index contributed by atoms with van der Waals surface area (Å²) in [5, 5.41) is 24.7. The van der Waals surface area contributed by atoms with Gasteiger partial charge in [0, 0.05) is 47.7 Å². The highest BCUT2D eigenvalue weighted by molar-refractivity contribution is 6.31. The number of amidine groups is 1. The maximum Gasteiger partial charge on any atom is 0.105 e. The Labute approximate surface area is 187 Å². The number of aliphatic hydroxyl groups excluding tert-OH is 1. The van der Waals surface area contributed by atoms with Crippen molar-refractivity contribution in [3.8, 4) is 0 Å². The van der Waals surface area contributed by atoms with Crippen molar-refractivity contribution in [2.24, 2.45) is 10.1 Å². The molecule has 4 N–H and O–H groups in total. The molecule has 1 aliphatic rings. The molecular weight excluding hydrogens is 412 g/mol. The average molecular weight is 439 g/mol. The van der Waals surface area contributed by atoms with Gasteiger partial charge in [0.15, 0.2) is 0 Å². The SMILES string of the molecule is C=C(c1cc(C)ccc1N/N=C\C=N)N(CCO)CCN=C1Cc2ccc(Cl)cc2N1. The standard InChI is InChI=1S/C23H27ClN6O/c1-16-3-6-21(29-27-8-7-25)20(13-16)17(2)30(11-12-31)10-9-26-23-14-18-4-5-19(24)15-22(18)28-23/h3-8,13,15,25,29,31H,2,9-12,14H2,1H3,(H,26,28)/b25-7?,27-8-. The molecule has 0 amide bonds. The Morgan fingerprint density at radius 3 is 2.94 bits per heavy atom. The number of fused-ring (bicyclic) bond motifs is 1. The number of rotatable bonds is 10. The fourth-order valence-electron chi connectivity index (χ4n) is 3.41. The smallest absolute Gasteiger partial charge is 0.105 e. The van der Waals surface area contributed by atoms with Crippen LogP contribution in [0.1, 0.15) is 16.7 Å². The zero-order valence-electron chi connectivity index (χ0n) is 17.5. The molecule has 8 heteroatoms. The minimum Gasteiger partial charge on any atom is -0.395 e. The third-order valence-corrected chi connectivity index (χ3v) is 5.19. The third kappa shape index (κ3) is 5.93. The molecule has 0 atom stereocenters. The van der Waals surface area contributed by atoms with Crippen LogP contribution in [0, 0.1) is 12.3 Å². The first kappa shape index (κ1) is 22.5. The predicted octanol–water partition coefficient (Wildman–Crippen LogP) is 4.03. The summed E-state index contributed by atoms with van der Waals surface area (Å²) in [5.74, 6) is 0.908. The number of hydrogen-bond acceptors (Lipinski definition) is 6. The summed E-state index contributed by atoms with van der Waals surface area (Å²) < 4.78 is 0. The zero-order valence-corrected chi connectivity index (χ0v) is 18.3. The lowest BCUT2D eigenvalue weighted by Crippen LogP contribution is -2.28. The summed E-state index contributed by atoms with van der Waals surface area (Å²) >= 11 is 6.06. The largest absolute Gasteiger partial charge is 0.395 e. The number of nitrogens with zero attached hydrogens (tertiary/aromatic N) is 3. The van der Waals surface area contributed by atoms with Crippen molar-refractivity contribution in [2.75, 3.05) is 37.0 Å². The lowest BCUT2D eigenvalue weighted by Gasteiger charge is -2.27. The Hall–Kier alpha value is -3.16. The van der Waals surface area contributed by atoms with E-state index in [0.717, 1.165) is 46.7 Å². The topological polar surface area (TPSA) is 96.1 Å². The molecule has 1 heterocycles. The Morgan fingerprint density at radius 1 is 1.32 bits per heavy atom. The number of nitrogens with one attached hydrogen (secondary N) is 3. The summed E-state index contributed by atoms with van der Waals surface area (Å²) in [7, 11) is 0. The second-order valence-electron chi connectivity index (χ2n) is 7.19. The van der Waals surface area contributed by atoms with Crippen LogP contribution in [0.2, 0.25) is 5.02 Å². The second kappa shape index (κ2) is 10.7. The van der Waals surface area contributed by atoms with E-state index < -0.39 is 0 Å². The lowest BCUT2D eigenvalue weighted by molar-refractivity contribution is 0.246. The van der Waals surface area contributed by atoms with Crippen molar-refractivity contribution in [3.05, 3.63) is 64.7 Å². The number of benzene rings is 2. The average Bonchev–Trinajstić information content (AvgIpc) is 3.15. The monoisotopic (exact) mass is 438 g/mol. The van der Waals surface area contributed by atoms with E-state index in [9.17, 15) is 5.11 Å². The van der Waals surface area contributed by atoms with Crippen molar-refractivity contribution < 1.29 is 5.11 Å². The van der Waals surface area contributed by atoms with E-state index in [1.165, 1.54) is 11.8 Å². The van der Waals surface area contributed by atoms with E-state index in [1.54, 1.807) is 0 Å². The van der Waals surface area contributed by atoms with Gasteiger partial charge in [-0.05, 0) is 36.8 Å². The first-order chi connectivity index (χ1) is 15.0. The molecule has 31 heavy (non-hydrogen) atoms. The van der Waals surface area contributed by atoms with Gasteiger partial charge in [0.25, 0.3) is 0 Å². The molecule has 7 nitrogen and oxygen atoms in total. The number of hydrogen-bond donors (Lipinski definition) is 4.